The van der Waals surface area contributed by atoms with Crippen molar-refractivity contribution in [2.45, 2.75) is 26.7 Å². The van der Waals surface area contributed by atoms with E-state index < -0.39 is 17.7 Å². The molecule has 0 bridgehead atoms. The van der Waals surface area contributed by atoms with Crippen molar-refractivity contribution in [3.63, 3.8) is 0 Å². The van der Waals surface area contributed by atoms with E-state index in [4.69, 9.17) is 4.74 Å². The smallest absolute Gasteiger partial charge is 0.326 e. The number of carbonyl (C=O) groups excluding carboxylic acids is 3. The number of aryl methyl sites for hydroxylation is 1. The molecule has 2 rings (SSSR count). The summed E-state index contributed by atoms with van der Waals surface area (Å²) in [5.41, 5.74) is 1.68. The van der Waals surface area contributed by atoms with Crippen molar-refractivity contribution in [1.29, 1.82) is 0 Å². The second-order valence-corrected chi connectivity index (χ2v) is 4.77. The van der Waals surface area contributed by atoms with Gasteiger partial charge in [-0.25, -0.2) is 0 Å². The Bertz CT molecular complexity index is 565. The Morgan fingerprint density at radius 3 is 2.75 bits per heavy atom. The number of fused-ring (bicyclic) bond motifs is 1. The van der Waals surface area contributed by atoms with E-state index >= 15 is 0 Å². The Morgan fingerprint density at radius 1 is 1.30 bits per heavy atom. The maximum Gasteiger partial charge on any atom is 0.326 e. The van der Waals surface area contributed by atoms with Gasteiger partial charge in [-0.1, -0.05) is 25.5 Å². The van der Waals surface area contributed by atoms with Gasteiger partial charge in [0.15, 0.2) is 0 Å². The number of amides is 1. The summed E-state index contributed by atoms with van der Waals surface area (Å²) < 4.78 is 5.04. The molecule has 0 fully saturated rings. The van der Waals surface area contributed by atoms with E-state index in [1.54, 1.807) is 25.1 Å². The summed E-state index contributed by atoms with van der Waals surface area (Å²) >= 11 is 0. The molecule has 0 spiro atoms. The van der Waals surface area contributed by atoms with E-state index in [0.29, 0.717) is 17.9 Å². The van der Waals surface area contributed by atoms with Crippen LogP contribution in [0.3, 0.4) is 0 Å². The lowest BCUT2D eigenvalue weighted by Crippen LogP contribution is -2.35. The molecule has 1 heterocycles. The number of ether oxygens (including phenoxy) is 1. The normalized spacial score (nSPS) is 13.6. The Kier molecular flexibility index (Phi) is 4.17. The van der Waals surface area contributed by atoms with Crippen LogP contribution >= 0.6 is 0 Å². The van der Waals surface area contributed by atoms with Crippen LogP contribution in [0.2, 0.25) is 0 Å². The highest BCUT2D eigenvalue weighted by molar-refractivity contribution is 6.52. The first-order valence-electron chi connectivity index (χ1n) is 6.67. The third-order valence-corrected chi connectivity index (χ3v) is 3.24. The molecule has 0 N–H and O–H groups in total. The van der Waals surface area contributed by atoms with Gasteiger partial charge in [0.25, 0.3) is 11.7 Å². The number of unbranched alkanes of at least 4 members (excludes halogenated alkanes) is 1. The van der Waals surface area contributed by atoms with Crippen LogP contribution in [0.5, 0.6) is 0 Å². The number of anilines is 1. The molecule has 1 aromatic rings. The summed E-state index contributed by atoms with van der Waals surface area (Å²) in [6.07, 6.45) is 1.71. The minimum absolute atomic E-state index is 0.216. The first-order chi connectivity index (χ1) is 9.56. The van der Waals surface area contributed by atoms with Crippen LogP contribution in [0, 0.1) is 6.92 Å². The average Bonchev–Trinajstić information content (AvgIpc) is 2.66. The van der Waals surface area contributed by atoms with E-state index in [1.165, 1.54) is 4.90 Å². The molecule has 0 atom stereocenters. The van der Waals surface area contributed by atoms with Crippen molar-refractivity contribution in [3.8, 4) is 0 Å². The largest absolute Gasteiger partial charge is 0.464 e. The molecule has 1 aromatic carbocycles. The molecule has 106 valence electrons. The maximum atomic E-state index is 11.9. The van der Waals surface area contributed by atoms with Crippen LogP contribution < -0.4 is 4.90 Å². The molecule has 5 nitrogen and oxygen atoms in total. The first kappa shape index (κ1) is 14.2. The predicted octanol–water partition coefficient (Wildman–Crippen LogP) is 1.87. The van der Waals surface area contributed by atoms with Crippen molar-refractivity contribution in [3.05, 3.63) is 29.3 Å². The molecule has 1 amide bonds. The quantitative estimate of drug-likeness (QED) is 0.467. The number of hydrogen-bond donors (Lipinski definition) is 0. The molecular formula is C15H17NO4. The number of para-hydroxylation sites is 1. The lowest BCUT2D eigenvalue weighted by molar-refractivity contribution is -0.142. The Morgan fingerprint density at radius 2 is 2.05 bits per heavy atom. The summed E-state index contributed by atoms with van der Waals surface area (Å²) in [6, 6.07) is 5.13. The Labute approximate surface area is 117 Å². The third kappa shape index (κ3) is 2.57. The zero-order chi connectivity index (χ0) is 14.7. The van der Waals surface area contributed by atoms with Crippen LogP contribution in [-0.2, 0) is 14.3 Å². The zero-order valence-electron chi connectivity index (χ0n) is 11.6. The lowest BCUT2D eigenvalue weighted by atomic mass is 10.1. The van der Waals surface area contributed by atoms with Crippen LogP contribution in [0.1, 0.15) is 35.7 Å². The molecule has 1 aliphatic rings. The van der Waals surface area contributed by atoms with Crippen molar-refractivity contribution in [2.24, 2.45) is 0 Å². The van der Waals surface area contributed by atoms with E-state index in [9.17, 15) is 14.4 Å². The second-order valence-electron chi connectivity index (χ2n) is 4.77. The number of ketones is 1. The molecule has 0 saturated carbocycles. The van der Waals surface area contributed by atoms with Gasteiger partial charge in [0.1, 0.15) is 6.54 Å². The SMILES string of the molecule is CCCCOC(=O)CN1C(=O)C(=O)c2cccc(C)c21. The van der Waals surface area contributed by atoms with Gasteiger partial charge in [-0.15, -0.1) is 0 Å². The predicted molar refractivity (Wildman–Crippen MR) is 73.7 cm³/mol. The molecule has 0 saturated heterocycles. The van der Waals surface area contributed by atoms with Crippen molar-refractivity contribution < 1.29 is 19.1 Å². The number of esters is 1. The highest BCUT2D eigenvalue weighted by atomic mass is 16.5. The van der Waals surface area contributed by atoms with Gasteiger partial charge in [-0.2, -0.15) is 0 Å². The van der Waals surface area contributed by atoms with E-state index in [1.807, 2.05) is 6.92 Å². The van der Waals surface area contributed by atoms with Gasteiger partial charge in [-0.3, -0.25) is 19.3 Å². The van der Waals surface area contributed by atoms with Crippen LogP contribution in [0.15, 0.2) is 18.2 Å². The fraction of sp³-hybridized carbons (Fsp3) is 0.400. The highest BCUT2D eigenvalue weighted by Crippen LogP contribution is 2.31. The highest BCUT2D eigenvalue weighted by Gasteiger charge is 2.37. The number of benzene rings is 1. The third-order valence-electron chi connectivity index (χ3n) is 3.24. The van der Waals surface area contributed by atoms with Gasteiger partial charge in [0.2, 0.25) is 0 Å². The molecule has 0 unspecified atom stereocenters. The molecule has 1 aliphatic heterocycles. The number of Topliss-reactive ketones (excluding diaryl/α,β-unsaturated/α-hetero) is 1. The maximum absolute atomic E-state index is 11.9. The minimum atomic E-state index is -0.665. The number of rotatable bonds is 5. The summed E-state index contributed by atoms with van der Waals surface area (Å²) in [7, 11) is 0. The summed E-state index contributed by atoms with van der Waals surface area (Å²) in [5, 5.41) is 0. The average molecular weight is 275 g/mol. The summed E-state index contributed by atoms with van der Waals surface area (Å²) in [5.74, 6) is -1.72. The van der Waals surface area contributed by atoms with Crippen molar-refractivity contribution in [2.75, 3.05) is 18.1 Å². The molecule has 5 heteroatoms. The van der Waals surface area contributed by atoms with E-state index in [-0.39, 0.29) is 6.54 Å². The first-order valence-corrected chi connectivity index (χ1v) is 6.67. The van der Waals surface area contributed by atoms with Gasteiger partial charge >= 0.3 is 5.97 Å². The van der Waals surface area contributed by atoms with Gasteiger partial charge < -0.3 is 4.74 Å². The Balaban J connectivity index is 2.16. The van der Waals surface area contributed by atoms with E-state index in [2.05, 4.69) is 0 Å². The van der Waals surface area contributed by atoms with Gasteiger partial charge in [-0.05, 0) is 25.0 Å². The lowest BCUT2D eigenvalue weighted by Gasteiger charge is -2.17. The van der Waals surface area contributed by atoms with Gasteiger partial charge in [0.05, 0.1) is 17.9 Å². The number of carbonyl (C=O) groups is 3. The summed E-state index contributed by atoms with van der Waals surface area (Å²) in [6.45, 7) is 3.92. The number of hydrogen-bond acceptors (Lipinski definition) is 4. The number of nitrogens with zero attached hydrogens (tertiary/aromatic N) is 1. The molecule has 20 heavy (non-hydrogen) atoms. The molecule has 0 radical (unpaired) electrons. The van der Waals surface area contributed by atoms with Crippen molar-refractivity contribution in [1.82, 2.24) is 0 Å². The molecule has 0 aliphatic carbocycles. The molecule has 0 aromatic heterocycles. The second kappa shape index (κ2) is 5.86. The van der Waals surface area contributed by atoms with E-state index in [0.717, 1.165) is 18.4 Å². The molecular weight excluding hydrogens is 258 g/mol. The Hall–Kier alpha value is -2.17. The monoisotopic (exact) mass is 275 g/mol. The van der Waals surface area contributed by atoms with Crippen LogP contribution in [-0.4, -0.2) is 30.8 Å². The topological polar surface area (TPSA) is 63.7 Å². The van der Waals surface area contributed by atoms with Crippen molar-refractivity contribution >= 4 is 23.3 Å². The van der Waals surface area contributed by atoms with Crippen LogP contribution in [0.4, 0.5) is 5.69 Å². The zero-order valence-corrected chi connectivity index (χ0v) is 11.6. The van der Waals surface area contributed by atoms with Crippen LogP contribution in [0.25, 0.3) is 0 Å². The standard InChI is InChI=1S/C15H17NO4/c1-3-4-8-20-12(17)9-16-13-10(2)6-5-7-11(13)14(18)15(16)19/h5-7H,3-4,8-9H2,1-2H3. The summed E-state index contributed by atoms with van der Waals surface area (Å²) in [4.78, 5) is 36.7. The van der Waals surface area contributed by atoms with Gasteiger partial charge in [0, 0.05) is 0 Å². The minimum Gasteiger partial charge on any atom is -0.464 e. The fourth-order valence-electron chi connectivity index (χ4n) is 2.20. The fourth-order valence-corrected chi connectivity index (χ4v) is 2.20.